The average Bonchev–Trinajstić information content (AvgIpc) is 2.85. The molecule has 0 bridgehead atoms. The second-order valence-electron chi connectivity index (χ2n) is 4.51. The minimum atomic E-state index is -0.158. The van der Waals surface area contributed by atoms with Crippen LogP contribution in [0.4, 0.5) is 0 Å². The standard InChI is InChI=1S/C12H17N5OS/c1-7-10(19-9(3)14-7)5-11(18)15-8(2)12-16-13-6-17(12)4/h6,8H,5H2,1-4H3,(H,15,18). The zero-order chi connectivity index (χ0) is 14.0. The summed E-state index contributed by atoms with van der Waals surface area (Å²) in [4.78, 5) is 17.3. The number of amides is 1. The van der Waals surface area contributed by atoms with E-state index in [1.54, 1.807) is 22.2 Å². The number of nitrogens with one attached hydrogen (secondary N) is 1. The molecular formula is C12H17N5OS. The van der Waals surface area contributed by atoms with Gasteiger partial charge in [0.2, 0.25) is 5.91 Å². The molecular weight excluding hydrogens is 262 g/mol. The number of aryl methyl sites for hydroxylation is 3. The Bertz CT molecular complexity index is 589. The fourth-order valence-corrected chi connectivity index (χ4v) is 2.86. The number of rotatable bonds is 4. The molecule has 0 saturated carbocycles. The molecule has 2 heterocycles. The minimum Gasteiger partial charge on any atom is -0.346 e. The fourth-order valence-electron chi connectivity index (χ4n) is 1.92. The normalized spacial score (nSPS) is 12.4. The molecule has 0 aliphatic heterocycles. The summed E-state index contributed by atoms with van der Waals surface area (Å²) in [6.07, 6.45) is 1.98. The Morgan fingerprint density at radius 2 is 2.26 bits per heavy atom. The maximum absolute atomic E-state index is 12.0. The van der Waals surface area contributed by atoms with Crippen LogP contribution in [0, 0.1) is 13.8 Å². The second kappa shape index (κ2) is 5.48. The summed E-state index contributed by atoms with van der Waals surface area (Å²) in [5.74, 6) is 0.716. The van der Waals surface area contributed by atoms with E-state index in [1.807, 2.05) is 27.8 Å². The van der Waals surface area contributed by atoms with Gasteiger partial charge in [-0.15, -0.1) is 21.5 Å². The molecule has 0 aromatic carbocycles. The van der Waals surface area contributed by atoms with Crippen LogP contribution >= 0.6 is 11.3 Å². The first-order chi connectivity index (χ1) is 8.97. The summed E-state index contributed by atoms with van der Waals surface area (Å²) < 4.78 is 1.80. The molecule has 19 heavy (non-hydrogen) atoms. The van der Waals surface area contributed by atoms with Crippen LogP contribution in [0.3, 0.4) is 0 Å². The number of hydrogen-bond donors (Lipinski definition) is 1. The first-order valence-electron chi connectivity index (χ1n) is 6.03. The van der Waals surface area contributed by atoms with Crippen LogP contribution in [0.15, 0.2) is 6.33 Å². The van der Waals surface area contributed by atoms with E-state index in [1.165, 1.54) is 0 Å². The van der Waals surface area contributed by atoms with Crippen LogP contribution < -0.4 is 5.32 Å². The lowest BCUT2D eigenvalue weighted by atomic mass is 10.2. The molecule has 6 nitrogen and oxygen atoms in total. The Kier molecular flexibility index (Phi) is 3.94. The maximum atomic E-state index is 12.0. The van der Waals surface area contributed by atoms with Crippen molar-refractivity contribution < 1.29 is 4.79 Å². The van der Waals surface area contributed by atoms with Crippen LogP contribution in [-0.4, -0.2) is 25.7 Å². The van der Waals surface area contributed by atoms with Gasteiger partial charge >= 0.3 is 0 Å². The first kappa shape index (κ1) is 13.7. The quantitative estimate of drug-likeness (QED) is 0.916. The van der Waals surface area contributed by atoms with Crippen molar-refractivity contribution >= 4 is 17.2 Å². The lowest BCUT2D eigenvalue weighted by Gasteiger charge is -2.12. The molecule has 102 valence electrons. The molecule has 2 aromatic rings. The number of aromatic nitrogens is 4. The monoisotopic (exact) mass is 279 g/mol. The minimum absolute atomic E-state index is 0.0257. The van der Waals surface area contributed by atoms with Crippen molar-refractivity contribution in [1.29, 1.82) is 0 Å². The van der Waals surface area contributed by atoms with Crippen LogP contribution in [0.1, 0.15) is 34.4 Å². The molecule has 7 heteroatoms. The highest BCUT2D eigenvalue weighted by Crippen LogP contribution is 2.18. The summed E-state index contributed by atoms with van der Waals surface area (Å²) in [5, 5.41) is 11.7. The summed E-state index contributed by atoms with van der Waals surface area (Å²) in [5.41, 5.74) is 0.934. The Morgan fingerprint density at radius 3 is 2.79 bits per heavy atom. The molecule has 2 rings (SSSR count). The van der Waals surface area contributed by atoms with Gasteiger partial charge in [-0.05, 0) is 20.8 Å². The van der Waals surface area contributed by atoms with Crippen molar-refractivity contribution in [3.63, 3.8) is 0 Å². The Labute approximate surface area is 115 Å². The molecule has 0 aliphatic rings. The molecule has 2 aromatic heterocycles. The van der Waals surface area contributed by atoms with Gasteiger partial charge in [0.15, 0.2) is 5.82 Å². The topological polar surface area (TPSA) is 72.7 Å². The van der Waals surface area contributed by atoms with Crippen molar-refractivity contribution in [2.75, 3.05) is 0 Å². The highest BCUT2D eigenvalue weighted by molar-refractivity contribution is 7.11. The lowest BCUT2D eigenvalue weighted by molar-refractivity contribution is -0.121. The van der Waals surface area contributed by atoms with Gasteiger partial charge in [0.25, 0.3) is 0 Å². The summed E-state index contributed by atoms with van der Waals surface area (Å²) >= 11 is 1.57. The van der Waals surface area contributed by atoms with E-state index in [0.717, 1.165) is 21.4 Å². The molecule has 1 N–H and O–H groups in total. The number of hydrogen-bond acceptors (Lipinski definition) is 5. The fraction of sp³-hybridized carbons (Fsp3) is 0.500. The molecule has 0 saturated heterocycles. The van der Waals surface area contributed by atoms with Gasteiger partial charge in [0.05, 0.1) is 23.2 Å². The molecule has 0 radical (unpaired) electrons. The Morgan fingerprint density at radius 1 is 1.53 bits per heavy atom. The van der Waals surface area contributed by atoms with E-state index >= 15 is 0 Å². The van der Waals surface area contributed by atoms with E-state index in [0.29, 0.717) is 6.42 Å². The average molecular weight is 279 g/mol. The van der Waals surface area contributed by atoms with Crippen LogP contribution in [0.5, 0.6) is 0 Å². The van der Waals surface area contributed by atoms with Crippen molar-refractivity contribution in [3.8, 4) is 0 Å². The number of carbonyl (C=O) groups excluding carboxylic acids is 1. The first-order valence-corrected chi connectivity index (χ1v) is 6.85. The van der Waals surface area contributed by atoms with Crippen molar-refractivity contribution in [2.24, 2.45) is 7.05 Å². The predicted octanol–water partition coefficient (Wildman–Crippen LogP) is 1.31. The highest BCUT2D eigenvalue weighted by Gasteiger charge is 2.16. The van der Waals surface area contributed by atoms with E-state index < -0.39 is 0 Å². The number of thiazole rings is 1. The third-order valence-corrected chi connectivity index (χ3v) is 3.90. The predicted molar refractivity (Wildman–Crippen MR) is 72.9 cm³/mol. The molecule has 1 atom stereocenters. The van der Waals surface area contributed by atoms with E-state index in [-0.39, 0.29) is 11.9 Å². The lowest BCUT2D eigenvalue weighted by Crippen LogP contribution is -2.29. The number of nitrogens with zero attached hydrogens (tertiary/aromatic N) is 4. The number of carbonyl (C=O) groups is 1. The third-order valence-electron chi connectivity index (χ3n) is 2.83. The highest BCUT2D eigenvalue weighted by atomic mass is 32.1. The van der Waals surface area contributed by atoms with Crippen LogP contribution in [-0.2, 0) is 18.3 Å². The summed E-state index contributed by atoms with van der Waals surface area (Å²) in [6.45, 7) is 5.77. The Hall–Kier alpha value is -1.76. The summed E-state index contributed by atoms with van der Waals surface area (Å²) in [7, 11) is 1.86. The molecule has 0 spiro atoms. The second-order valence-corrected chi connectivity index (χ2v) is 5.80. The van der Waals surface area contributed by atoms with Gasteiger partial charge in [-0.2, -0.15) is 0 Å². The summed E-state index contributed by atoms with van der Waals surface area (Å²) in [6, 6.07) is -0.158. The van der Waals surface area contributed by atoms with Crippen molar-refractivity contribution in [2.45, 2.75) is 33.2 Å². The smallest absolute Gasteiger partial charge is 0.225 e. The van der Waals surface area contributed by atoms with Gasteiger partial charge in [0.1, 0.15) is 6.33 Å². The molecule has 0 aliphatic carbocycles. The van der Waals surface area contributed by atoms with Crippen LogP contribution in [0.25, 0.3) is 0 Å². The molecule has 1 amide bonds. The largest absolute Gasteiger partial charge is 0.346 e. The van der Waals surface area contributed by atoms with Gasteiger partial charge in [0, 0.05) is 11.9 Å². The van der Waals surface area contributed by atoms with Crippen LogP contribution in [0.2, 0.25) is 0 Å². The molecule has 1 unspecified atom stereocenters. The zero-order valence-corrected chi connectivity index (χ0v) is 12.3. The van der Waals surface area contributed by atoms with Gasteiger partial charge in [-0.25, -0.2) is 4.98 Å². The van der Waals surface area contributed by atoms with E-state index in [4.69, 9.17) is 0 Å². The Balaban J connectivity index is 1.98. The van der Waals surface area contributed by atoms with Crippen molar-refractivity contribution in [1.82, 2.24) is 25.1 Å². The van der Waals surface area contributed by atoms with Crippen molar-refractivity contribution in [3.05, 3.63) is 27.7 Å². The van der Waals surface area contributed by atoms with Gasteiger partial charge in [-0.1, -0.05) is 0 Å². The van der Waals surface area contributed by atoms with E-state index in [9.17, 15) is 4.79 Å². The van der Waals surface area contributed by atoms with Gasteiger partial charge in [-0.3, -0.25) is 4.79 Å². The third kappa shape index (κ3) is 3.17. The van der Waals surface area contributed by atoms with E-state index in [2.05, 4.69) is 20.5 Å². The maximum Gasteiger partial charge on any atom is 0.225 e. The zero-order valence-electron chi connectivity index (χ0n) is 11.5. The van der Waals surface area contributed by atoms with Gasteiger partial charge < -0.3 is 9.88 Å². The SMILES string of the molecule is Cc1nc(C)c(CC(=O)NC(C)c2nncn2C)s1. The molecule has 0 fully saturated rings.